The zero-order chi connectivity index (χ0) is 25.1. The Hall–Kier alpha value is -3.85. The lowest BCUT2D eigenvalue weighted by Crippen LogP contribution is -2.59. The second-order valence-corrected chi connectivity index (χ2v) is 7.59. The fourth-order valence-electron chi connectivity index (χ4n) is 3.19. The number of allylic oxidation sites excluding steroid dienone is 5. The molecular weight excluding hydrogens is 505 g/mol. The Kier molecular flexibility index (Phi) is 7.50. The number of nitrogens with one attached hydrogen (secondary N) is 1. The van der Waals surface area contributed by atoms with Crippen LogP contribution in [0.4, 0.5) is 23.7 Å². The predicted molar refractivity (Wildman–Crippen MR) is 120 cm³/mol. The number of anilines is 1. The van der Waals surface area contributed by atoms with E-state index >= 15 is 0 Å². The van der Waals surface area contributed by atoms with Gasteiger partial charge in [0.15, 0.2) is 0 Å². The molecule has 0 saturated carbocycles. The summed E-state index contributed by atoms with van der Waals surface area (Å²) in [5, 5.41) is 17.6. The summed E-state index contributed by atoms with van der Waals surface area (Å²) in [6.45, 7) is 4.85. The van der Waals surface area contributed by atoms with Gasteiger partial charge in [0.25, 0.3) is 0 Å². The van der Waals surface area contributed by atoms with Gasteiger partial charge in [-0.15, -0.1) is 0 Å². The summed E-state index contributed by atoms with van der Waals surface area (Å²) in [4.78, 5) is 26.4. The van der Waals surface area contributed by atoms with Crippen molar-refractivity contribution < 1.29 is 22.8 Å². The number of nitrogens with zero attached hydrogens (tertiary/aromatic N) is 3. The number of hydrogen-bond donors (Lipinski definition) is 3. The summed E-state index contributed by atoms with van der Waals surface area (Å²) in [5.41, 5.74) is 9.89. The standard InChI is InChI=1S/C21H18BrF3N6O2/c1-3-12(10-26)7-8-15(22)17-16(18(27)32)11(2)30(19(28)31(17)20(29)33)14-6-4-5-13(9-14)21(23,24)25/h3-9,17,28H,1H2,2H3,(H2,27,32)(H2,29,33)/b12-7+,15-8-,28-19?/t17-/m1/s1. The quantitative estimate of drug-likeness (QED) is 0.398. The summed E-state index contributed by atoms with van der Waals surface area (Å²) in [6, 6.07) is 3.44. The van der Waals surface area contributed by atoms with Crippen LogP contribution in [-0.4, -0.2) is 28.8 Å². The maximum atomic E-state index is 13.2. The van der Waals surface area contributed by atoms with Gasteiger partial charge in [0.1, 0.15) is 6.04 Å². The Morgan fingerprint density at radius 1 is 1.30 bits per heavy atom. The molecule has 12 heteroatoms. The molecule has 2 rings (SSSR count). The zero-order valence-electron chi connectivity index (χ0n) is 17.2. The van der Waals surface area contributed by atoms with Crippen molar-refractivity contribution in [3.63, 3.8) is 0 Å². The van der Waals surface area contributed by atoms with Gasteiger partial charge in [-0.1, -0.05) is 34.7 Å². The van der Waals surface area contributed by atoms with E-state index in [1.54, 1.807) is 0 Å². The predicted octanol–water partition coefficient (Wildman–Crippen LogP) is 3.88. The highest BCUT2D eigenvalue weighted by Gasteiger charge is 2.43. The molecule has 0 radical (unpaired) electrons. The number of primary amides is 2. The molecule has 1 aliphatic heterocycles. The van der Waals surface area contributed by atoms with E-state index in [0.29, 0.717) is 4.90 Å². The van der Waals surface area contributed by atoms with Crippen LogP contribution in [0.15, 0.2) is 70.4 Å². The monoisotopic (exact) mass is 522 g/mol. The van der Waals surface area contributed by atoms with Crippen molar-refractivity contribution in [3.8, 4) is 6.07 Å². The van der Waals surface area contributed by atoms with Crippen LogP contribution in [0.2, 0.25) is 0 Å². The van der Waals surface area contributed by atoms with Crippen LogP contribution in [-0.2, 0) is 11.0 Å². The maximum absolute atomic E-state index is 13.2. The molecule has 0 aromatic heterocycles. The minimum atomic E-state index is -4.66. The SMILES string of the molecule is C=C/C(C#N)=C\C=C(/Br)[C@@H]1C(C(N)=O)=C(C)N(c2cccc(C(F)(F)F)c2)C(=N)N1C(N)=O. The average molecular weight is 523 g/mol. The van der Waals surface area contributed by atoms with Crippen molar-refractivity contribution in [3.05, 3.63) is 76.0 Å². The van der Waals surface area contributed by atoms with Crippen molar-refractivity contribution in [2.45, 2.75) is 19.1 Å². The third-order valence-corrected chi connectivity index (χ3v) is 5.36. The smallest absolute Gasteiger partial charge is 0.366 e. The van der Waals surface area contributed by atoms with Gasteiger partial charge in [-0.2, -0.15) is 18.4 Å². The number of amides is 3. The molecule has 1 aromatic carbocycles. The van der Waals surface area contributed by atoms with E-state index in [1.165, 1.54) is 31.2 Å². The van der Waals surface area contributed by atoms with Gasteiger partial charge in [-0.25, -0.2) is 4.79 Å². The third kappa shape index (κ3) is 5.15. The second-order valence-electron chi connectivity index (χ2n) is 6.67. The molecule has 0 bridgehead atoms. The number of nitriles is 1. The minimum absolute atomic E-state index is 0.0212. The molecule has 0 aliphatic carbocycles. The molecule has 1 heterocycles. The third-order valence-electron chi connectivity index (χ3n) is 4.66. The van der Waals surface area contributed by atoms with Crippen molar-refractivity contribution >= 4 is 39.5 Å². The number of carbonyl (C=O) groups excluding carboxylic acids is 2. The van der Waals surface area contributed by atoms with E-state index in [-0.39, 0.29) is 27.0 Å². The van der Waals surface area contributed by atoms with E-state index in [2.05, 4.69) is 22.5 Å². The molecule has 1 aliphatic rings. The van der Waals surface area contributed by atoms with Crippen LogP contribution < -0.4 is 16.4 Å². The number of nitrogens with two attached hydrogens (primary N) is 2. The maximum Gasteiger partial charge on any atom is 0.416 e. The normalized spacial score (nSPS) is 17.7. The van der Waals surface area contributed by atoms with Crippen LogP contribution in [0, 0.1) is 16.7 Å². The number of benzene rings is 1. The first-order valence-electron chi connectivity index (χ1n) is 9.10. The lowest BCUT2D eigenvalue weighted by molar-refractivity contribution is -0.137. The van der Waals surface area contributed by atoms with Gasteiger partial charge < -0.3 is 11.5 Å². The van der Waals surface area contributed by atoms with Gasteiger partial charge in [-0.3, -0.25) is 20.0 Å². The van der Waals surface area contributed by atoms with Crippen LogP contribution in [0.3, 0.4) is 0 Å². The number of urea groups is 1. The fraction of sp³-hybridized carbons (Fsp3) is 0.143. The van der Waals surface area contributed by atoms with Crippen molar-refractivity contribution in [1.82, 2.24) is 4.90 Å². The average Bonchev–Trinajstić information content (AvgIpc) is 2.72. The number of alkyl halides is 3. The molecule has 1 aromatic rings. The molecule has 33 heavy (non-hydrogen) atoms. The molecule has 5 N–H and O–H groups in total. The number of rotatable bonds is 5. The first kappa shape index (κ1) is 25.4. The zero-order valence-corrected chi connectivity index (χ0v) is 18.7. The molecular formula is C21H18BrF3N6O2. The van der Waals surface area contributed by atoms with E-state index in [1.807, 2.05) is 6.07 Å². The van der Waals surface area contributed by atoms with Gasteiger partial charge in [0, 0.05) is 15.9 Å². The highest BCUT2D eigenvalue weighted by Crippen LogP contribution is 2.37. The number of carbonyl (C=O) groups is 2. The summed E-state index contributed by atoms with van der Waals surface area (Å²) in [7, 11) is 0. The Morgan fingerprint density at radius 2 is 1.94 bits per heavy atom. The lowest BCUT2D eigenvalue weighted by atomic mass is 9.98. The molecule has 1 atom stereocenters. The largest absolute Gasteiger partial charge is 0.416 e. The topological polar surface area (TPSA) is 140 Å². The summed E-state index contributed by atoms with van der Waals surface area (Å²) in [6.07, 6.45) is -0.694. The van der Waals surface area contributed by atoms with Crippen molar-refractivity contribution in [2.75, 3.05) is 4.90 Å². The number of hydrogen-bond acceptors (Lipinski definition) is 4. The molecule has 8 nitrogen and oxygen atoms in total. The van der Waals surface area contributed by atoms with Crippen LogP contribution in [0.1, 0.15) is 12.5 Å². The van der Waals surface area contributed by atoms with Crippen LogP contribution in [0.5, 0.6) is 0 Å². The Morgan fingerprint density at radius 3 is 2.42 bits per heavy atom. The number of guanidine groups is 1. The first-order valence-corrected chi connectivity index (χ1v) is 9.89. The second kappa shape index (κ2) is 9.74. The fourth-order valence-corrected chi connectivity index (χ4v) is 3.76. The minimum Gasteiger partial charge on any atom is -0.366 e. The molecule has 3 amide bonds. The van der Waals surface area contributed by atoms with Gasteiger partial charge in [0.2, 0.25) is 11.9 Å². The molecule has 0 saturated heterocycles. The molecule has 0 unspecified atom stereocenters. The first-order chi connectivity index (χ1) is 15.3. The van der Waals surface area contributed by atoms with E-state index in [4.69, 9.17) is 22.1 Å². The molecule has 0 fully saturated rings. The van der Waals surface area contributed by atoms with Crippen LogP contribution >= 0.6 is 15.9 Å². The molecule has 172 valence electrons. The Balaban J connectivity index is 2.79. The summed E-state index contributed by atoms with van der Waals surface area (Å²) >= 11 is 3.23. The van der Waals surface area contributed by atoms with Crippen molar-refractivity contribution in [1.29, 1.82) is 10.7 Å². The summed E-state index contributed by atoms with van der Waals surface area (Å²) < 4.78 is 39.8. The number of halogens is 4. The van der Waals surface area contributed by atoms with Gasteiger partial charge >= 0.3 is 12.2 Å². The highest BCUT2D eigenvalue weighted by atomic mass is 79.9. The van der Waals surface area contributed by atoms with E-state index in [9.17, 15) is 22.8 Å². The van der Waals surface area contributed by atoms with Crippen molar-refractivity contribution in [2.24, 2.45) is 11.5 Å². The van der Waals surface area contributed by atoms with E-state index < -0.39 is 35.7 Å². The van der Waals surface area contributed by atoms with Gasteiger partial charge in [-0.05, 0) is 37.3 Å². The Bertz CT molecular complexity index is 1160. The highest BCUT2D eigenvalue weighted by molar-refractivity contribution is 9.11. The summed E-state index contributed by atoms with van der Waals surface area (Å²) in [5.74, 6) is -1.60. The van der Waals surface area contributed by atoms with E-state index in [0.717, 1.165) is 23.1 Å². The Labute approximate surface area is 195 Å². The van der Waals surface area contributed by atoms with Gasteiger partial charge in [0.05, 0.1) is 22.8 Å². The molecule has 0 spiro atoms. The van der Waals surface area contributed by atoms with Crippen LogP contribution in [0.25, 0.3) is 0 Å². The lowest BCUT2D eigenvalue weighted by Gasteiger charge is -2.42.